The second-order valence-corrected chi connectivity index (χ2v) is 9.70. The van der Waals surface area contributed by atoms with E-state index in [1.807, 2.05) is 24.6 Å². The molecular weight excluding hydrogens is 432 g/mol. The third kappa shape index (κ3) is 4.43. The molecule has 4 aromatic rings. The van der Waals surface area contributed by atoms with Gasteiger partial charge >= 0.3 is 5.97 Å². The number of benzene rings is 2. The normalized spacial score (nSPS) is 10.9. The molecule has 30 heavy (non-hydrogen) atoms. The van der Waals surface area contributed by atoms with Gasteiger partial charge in [0.1, 0.15) is 4.88 Å². The molecule has 2 heterocycles. The molecule has 4 nitrogen and oxygen atoms in total. The molecule has 0 aliphatic carbocycles. The number of thioether (sulfide) groups is 1. The minimum absolute atomic E-state index is 0.380. The predicted octanol–water partition coefficient (Wildman–Crippen LogP) is 6.93. The third-order valence-electron chi connectivity index (χ3n) is 4.71. The molecule has 2 N–H and O–H groups in total. The van der Waals surface area contributed by atoms with Crippen molar-refractivity contribution in [2.75, 3.05) is 11.6 Å². The van der Waals surface area contributed by atoms with Gasteiger partial charge in [0.25, 0.3) is 0 Å². The highest BCUT2D eigenvalue weighted by atomic mass is 32.2. The second kappa shape index (κ2) is 9.04. The zero-order valence-electron chi connectivity index (χ0n) is 16.5. The standard InChI is InChI=1S/C23H20N2O2S3/c1-14-19(22(28-2)30-20(14)21(26)27)18-13-29-23(25-18)24-17-10-8-16(9-11-17)12-15-6-4-3-5-7-15/h3-11,13H,12H2,1-2H3,(H,24,25)(H,26,27). The summed E-state index contributed by atoms with van der Waals surface area (Å²) in [6.45, 7) is 1.85. The molecule has 0 atom stereocenters. The number of nitrogens with one attached hydrogen (secondary N) is 1. The number of anilines is 2. The Morgan fingerprint density at radius 3 is 2.47 bits per heavy atom. The van der Waals surface area contributed by atoms with E-state index in [-0.39, 0.29) is 0 Å². The topological polar surface area (TPSA) is 62.2 Å². The van der Waals surface area contributed by atoms with E-state index in [1.165, 1.54) is 33.8 Å². The lowest BCUT2D eigenvalue weighted by Crippen LogP contribution is -1.95. The van der Waals surface area contributed by atoms with Crippen molar-refractivity contribution >= 4 is 51.2 Å². The van der Waals surface area contributed by atoms with Crippen LogP contribution in [0.5, 0.6) is 0 Å². The van der Waals surface area contributed by atoms with E-state index in [4.69, 9.17) is 4.98 Å². The molecule has 0 aliphatic heterocycles. The van der Waals surface area contributed by atoms with E-state index in [2.05, 4.69) is 53.8 Å². The number of aromatic carboxylic acids is 1. The fourth-order valence-corrected chi connectivity index (χ4v) is 5.89. The molecule has 152 valence electrons. The number of carboxylic acid groups (broad SMARTS) is 1. The Bertz CT molecular complexity index is 1170. The molecule has 0 amide bonds. The summed E-state index contributed by atoms with van der Waals surface area (Å²) in [4.78, 5) is 16.6. The van der Waals surface area contributed by atoms with E-state index >= 15 is 0 Å². The van der Waals surface area contributed by atoms with Gasteiger partial charge in [-0.05, 0) is 48.4 Å². The van der Waals surface area contributed by atoms with Crippen LogP contribution >= 0.6 is 34.4 Å². The van der Waals surface area contributed by atoms with Crippen LogP contribution in [0, 0.1) is 6.92 Å². The van der Waals surface area contributed by atoms with E-state index in [1.54, 1.807) is 11.8 Å². The second-order valence-electron chi connectivity index (χ2n) is 6.75. The van der Waals surface area contributed by atoms with Gasteiger partial charge < -0.3 is 10.4 Å². The minimum atomic E-state index is -0.886. The smallest absolute Gasteiger partial charge is 0.346 e. The zero-order chi connectivity index (χ0) is 21.1. The number of carbonyl (C=O) groups is 1. The summed E-state index contributed by atoms with van der Waals surface area (Å²) >= 11 is 4.39. The average Bonchev–Trinajstić information content (AvgIpc) is 3.33. The predicted molar refractivity (Wildman–Crippen MR) is 128 cm³/mol. The first-order valence-electron chi connectivity index (χ1n) is 9.31. The SMILES string of the molecule is CSc1sc(C(=O)O)c(C)c1-c1csc(Nc2ccc(Cc3ccccc3)cc2)n1. The van der Waals surface area contributed by atoms with Gasteiger partial charge in [0.05, 0.1) is 9.90 Å². The van der Waals surface area contributed by atoms with Gasteiger partial charge in [-0.1, -0.05) is 42.5 Å². The lowest BCUT2D eigenvalue weighted by molar-refractivity contribution is 0.0701. The van der Waals surface area contributed by atoms with Crippen LogP contribution in [0.1, 0.15) is 26.4 Å². The molecule has 0 unspecified atom stereocenters. The summed E-state index contributed by atoms with van der Waals surface area (Å²) in [7, 11) is 0. The van der Waals surface area contributed by atoms with Crippen LogP contribution in [0.15, 0.2) is 64.2 Å². The van der Waals surface area contributed by atoms with Crippen LogP contribution in [0.3, 0.4) is 0 Å². The molecule has 0 radical (unpaired) electrons. The number of rotatable bonds is 7. The maximum Gasteiger partial charge on any atom is 0.346 e. The van der Waals surface area contributed by atoms with Gasteiger partial charge in [0.15, 0.2) is 5.13 Å². The van der Waals surface area contributed by atoms with Crippen LogP contribution in [-0.4, -0.2) is 22.3 Å². The molecule has 0 fully saturated rings. The largest absolute Gasteiger partial charge is 0.477 e. The highest BCUT2D eigenvalue weighted by Gasteiger charge is 2.22. The molecular formula is C23H20N2O2S3. The van der Waals surface area contributed by atoms with Crippen molar-refractivity contribution in [3.8, 4) is 11.3 Å². The Hall–Kier alpha value is -2.61. The third-order valence-corrected chi connectivity index (χ3v) is 7.87. The first-order valence-corrected chi connectivity index (χ1v) is 12.2. The molecule has 2 aromatic carbocycles. The number of aromatic nitrogens is 1. The van der Waals surface area contributed by atoms with Gasteiger partial charge in [-0.3, -0.25) is 0 Å². The Labute approximate surface area is 187 Å². The van der Waals surface area contributed by atoms with Crippen molar-refractivity contribution in [3.05, 3.63) is 81.5 Å². The minimum Gasteiger partial charge on any atom is -0.477 e. The van der Waals surface area contributed by atoms with Crippen LogP contribution in [0.4, 0.5) is 10.8 Å². The number of hydrogen-bond acceptors (Lipinski definition) is 6. The molecule has 0 saturated heterocycles. The molecule has 2 aromatic heterocycles. The van der Waals surface area contributed by atoms with Crippen LogP contribution in [-0.2, 0) is 6.42 Å². The maximum absolute atomic E-state index is 11.5. The van der Waals surface area contributed by atoms with Crippen molar-refractivity contribution < 1.29 is 9.90 Å². The van der Waals surface area contributed by atoms with E-state index in [0.717, 1.165) is 38.3 Å². The van der Waals surface area contributed by atoms with Crippen LogP contribution < -0.4 is 5.32 Å². The monoisotopic (exact) mass is 452 g/mol. The number of hydrogen-bond donors (Lipinski definition) is 2. The average molecular weight is 453 g/mol. The summed E-state index contributed by atoms with van der Waals surface area (Å²) in [5, 5.41) is 15.6. The van der Waals surface area contributed by atoms with Crippen molar-refractivity contribution in [3.63, 3.8) is 0 Å². The lowest BCUT2D eigenvalue weighted by Gasteiger charge is -2.05. The Balaban J connectivity index is 1.51. The Kier molecular flexibility index (Phi) is 6.22. The summed E-state index contributed by atoms with van der Waals surface area (Å²) in [6, 6.07) is 18.8. The molecule has 0 spiro atoms. The first-order chi connectivity index (χ1) is 14.5. The number of thiazole rings is 1. The maximum atomic E-state index is 11.5. The van der Waals surface area contributed by atoms with Crippen molar-refractivity contribution in [1.82, 2.24) is 4.98 Å². The summed E-state index contributed by atoms with van der Waals surface area (Å²) < 4.78 is 0.979. The van der Waals surface area contributed by atoms with E-state index in [9.17, 15) is 9.90 Å². The zero-order valence-corrected chi connectivity index (χ0v) is 19.0. The summed E-state index contributed by atoms with van der Waals surface area (Å²) in [6.07, 6.45) is 2.87. The Morgan fingerprint density at radius 1 is 1.10 bits per heavy atom. The number of nitrogens with zero attached hydrogens (tertiary/aromatic N) is 1. The van der Waals surface area contributed by atoms with Gasteiger partial charge in [-0.15, -0.1) is 34.4 Å². The summed E-state index contributed by atoms with van der Waals surface area (Å²) in [5.74, 6) is -0.886. The highest BCUT2D eigenvalue weighted by Crippen LogP contribution is 2.42. The quantitative estimate of drug-likeness (QED) is 0.298. The molecule has 4 rings (SSSR count). The first kappa shape index (κ1) is 20.7. The molecule has 0 aliphatic rings. The molecule has 7 heteroatoms. The van der Waals surface area contributed by atoms with Crippen molar-refractivity contribution in [1.29, 1.82) is 0 Å². The van der Waals surface area contributed by atoms with Crippen molar-refractivity contribution in [2.24, 2.45) is 0 Å². The highest BCUT2D eigenvalue weighted by molar-refractivity contribution is 8.00. The Morgan fingerprint density at radius 2 is 1.80 bits per heavy atom. The number of thiophene rings is 1. The summed E-state index contributed by atoms with van der Waals surface area (Å²) in [5.41, 5.74) is 6.04. The molecule has 0 bridgehead atoms. The van der Waals surface area contributed by atoms with Crippen LogP contribution in [0.25, 0.3) is 11.3 Å². The van der Waals surface area contributed by atoms with Gasteiger partial charge in [0, 0.05) is 16.6 Å². The molecule has 0 saturated carbocycles. The van der Waals surface area contributed by atoms with Crippen LogP contribution in [0.2, 0.25) is 0 Å². The van der Waals surface area contributed by atoms with Gasteiger partial charge in [-0.25, -0.2) is 9.78 Å². The lowest BCUT2D eigenvalue weighted by atomic mass is 10.1. The van der Waals surface area contributed by atoms with Gasteiger partial charge in [-0.2, -0.15) is 0 Å². The fourth-order valence-electron chi connectivity index (χ4n) is 3.24. The van der Waals surface area contributed by atoms with Crippen molar-refractivity contribution in [2.45, 2.75) is 17.6 Å². The van der Waals surface area contributed by atoms with E-state index in [0.29, 0.717) is 4.88 Å². The van der Waals surface area contributed by atoms with E-state index < -0.39 is 5.97 Å². The number of carboxylic acids is 1. The fraction of sp³-hybridized carbons (Fsp3) is 0.130. The van der Waals surface area contributed by atoms with Gasteiger partial charge in [0.2, 0.25) is 0 Å².